The van der Waals surface area contributed by atoms with Crippen molar-refractivity contribution in [1.82, 2.24) is 10.4 Å². The average molecular weight is 439 g/mol. The van der Waals surface area contributed by atoms with Crippen molar-refractivity contribution in [2.24, 2.45) is 0 Å². The maximum absolute atomic E-state index is 12.9. The Hall–Kier alpha value is -3.55. The standard InChI is InChI=1S/C23H19ClN2O5/c24-18-9-7-16(8-10-18)19-12-20(21-2-1-11-30-21)26(25-19)22(28)14-31-23(29)17-5-3-15(13-27)4-6-17/h1-12,20,25,27H,13-14H2/t20-/m1/s1. The summed E-state index contributed by atoms with van der Waals surface area (Å²) >= 11 is 5.97. The number of ether oxygens (including phenoxy) is 1. The van der Waals surface area contributed by atoms with Crippen LogP contribution in [0.5, 0.6) is 0 Å². The largest absolute Gasteiger partial charge is 0.467 e. The number of carbonyl (C=O) groups excluding carboxylic acids is 2. The minimum absolute atomic E-state index is 0.119. The molecule has 2 aromatic carbocycles. The van der Waals surface area contributed by atoms with E-state index in [0.717, 1.165) is 5.56 Å². The van der Waals surface area contributed by atoms with E-state index in [-0.39, 0.29) is 6.61 Å². The fourth-order valence-electron chi connectivity index (χ4n) is 3.17. The predicted molar refractivity (Wildman–Crippen MR) is 114 cm³/mol. The van der Waals surface area contributed by atoms with Gasteiger partial charge in [0.05, 0.1) is 24.1 Å². The second-order valence-electron chi connectivity index (χ2n) is 6.85. The molecule has 1 aliphatic rings. The van der Waals surface area contributed by atoms with Crippen LogP contribution in [0, 0.1) is 0 Å². The van der Waals surface area contributed by atoms with Crippen molar-refractivity contribution in [1.29, 1.82) is 0 Å². The van der Waals surface area contributed by atoms with Crippen molar-refractivity contribution in [2.45, 2.75) is 12.6 Å². The molecule has 1 aromatic heterocycles. The summed E-state index contributed by atoms with van der Waals surface area (Å²) in [5, 5.41) is 11.1. The molecule has 2 N–H and O–H groups in total. The van der Waals surface area contributed by atoms with E-state index >= 15 is 0 Å². The third-order valence-electron chi connectivity index (χ3n) is 4.80. The summed E-state index contributed by atoms with van der Waals surface area (Å²) in [5.74, 6) is -0.504. The van der Waals surface area contributed by atoms with Gasteiger partial charge in [-0.25, -0.2) is 9.80 Å². The molecule has 0 saturated carbocycles. The number of hydrogen-bond donors (Lipinski definition) is 2. The third-order valence-corrected chi connectivity index (χ3v) is 5.05. The molecule has 158 valence electrons. The van der Waals surface area contributed by atoms with E-state index in [2.05, 4.69) is 5.43 Å². The Morgan fingerprint density at radius 3 is 2.48 bits per heavy atom. The maximum atomic E-state index is 12.9. The Morgan fingerprint density at radius 2 is 1.84 bits per heavy atom. The van der Waals surface area contributed by atoms with Gasteiger partial charge in [-0.05, 0) is 53.6 Å². The number of hydrogen-bond acceptors (Lipinski definition) is 6. The molecule has 8 heteroatoms. The zero-order chi connectivity index (χ0) is 21.8. The first-order valence-electron chi connectivity index (χ1n) is 9.52. The number of esters is 1. The van der Waals surface area contributed by atoms with Crippen LogP contribution in [-0.2, 0) is 16.1 Å². The number of nitrogens with one attached hydrogen (secondary N) is 1. The number of aliphatic hydroxyl groups is 1. The maximum Gasteiger partial charge on any atom is 0.338 e. The summed E-state index contributed by atoms with van der Waals surface area (Å²) < 4.78 is 10.7. The van der Waals surface area contributed by atoms with Crippen LogP contribution < -0.4 is 5.43 Å². The van der Waals surface area contributed by atoms with E-state index in [1.165, 1.54) is 23.4 Å². The minimum Gasteiger partial charge on any atom is -0.467 e. The van der Waals surface area contributed by atoms with Crippen LogP contribution in [0.1, 0.15) is 33.3 Å². The number of nitrogens with zero attached hydrogens (tertiary/aromatic N) is 1. The number of hydrazine groups is 1. The number of carbonyl (C=O) groups is 2. The molecule has 0 fully saturated rings. The summed E-state index contributed by atoms with van der Waals surface area (Å²) in [6, 6.07) is 16.5. The van der Waals surface area contributed by atoms with Crippen molar-refractivity contribution in [2.75, 3.05) is 6.61 Å². The lowest BCUT2D eigenvalue weighted by Crippen LogP contribution is -2.41. The number of benzene rings is 2. The predicted octanol–water partition coefficient (Wildman–Crippen LogP) is 3.71. The van der Waals surface area contributed by atoms with Crippen LogP contribution in [0.15, 0.2) is 77.4 Å². The highest BCUT2D eigenvalue weighted by atomic mass is 35.5. The van der Waals surface area contributed by atoms with Crippen LogP contribution >= 0.6 is 11.6 Å². The summed E-state index contributed by atoms with van der Waals surface area (Å²) in [6.45, 7) is -0.571. The fraction of sp³-hybridized carbons (Fsp3) is 0.130. The van der Waals surface area contributed by atoms with E-state index in [4.69, 9.17) is 25.9 Å². The molecule has 0 radical (unpaired) electrons. The number of aliphatic hydroxyl groups excluding tert-OH is 1. The Labute approximate surface area is 183 Å². The average Bonchev–Trinajstić information content (AvgIpc) is 3.48. The third kappa shape index (κ3) is 4.63. The Bertz CT molecular complexity index is 1090. The van der Waals surface area contributed by atoms with Gasteiger partial charge in [0.2, 0.25) is 0 Å². The summed E-state index contributed by atoms with van der Waals surface area (Å²) in [4.78, 5) is 25.1. The second kappa shape index (κ2) is 9.07. The number of furan rings is 1. The molecule has 3 aromatic rings. The zero-order valence-electron chi connectivity index (χ0n) is 16.3. The molecule has 1 atom stereocenters. The van der Waals surface area contributed by atoms with E-state index in [1.807, 2.05) is 18.2 Å². The molecule has 2 heterocycles. The smallest absolute Gasteiger partial charge is 0.338 e. The topological polar surface area (TPSA) is 92.0 Å². The van der Waals surface area contributed by atoms with E-state index in [9.17, 15) is 9.59 Å². The van der Waals surface area contributed by atoms with Gasteiger partial charge in [-0.3, -0.25) is 10.2 Å². The van der Waals surface area contributed by atoms with E-state index in [0.29, 0.717) is 27.6 Å². The first kappa shape index (κ1) is 20.7. The lowest BCUT2D eigenvalue weighted by atomic mass is 10.1. The molecular weight excluding hydrogens is 420 g/mol. The summed E-state index contributed by atoms with van der Waals surface area (Å²) in [7, 11) is 0. The molecule has 7 nitrogen and oxygen atoms in total. The van der Waals surface area contributed by atoms with Crippen LogP contribution in [0.25, 0.3) is 5.70 Å². The molecule has 4 rings (SSSR count). The van der Waals surface area contributed by atoms with Gasteiger partial charge in [-0.2, -0.15) is 0 Å². The monoisotopic (exact) mass is 438 g/mol. The van der Waals surface area contributed by atoms with Crippen molar-refractivity contribution in [3.8, 4) is 0 Å². The second-order valence-corrected chi connectivity index (χ2v) is 7.29. The normalized spacial score (nSPS) is 15.4. The minimum atomic E-state index is -0.627. The SMILES string of the molecule is O=C(OCC(=O)N1NC(c2ccc(Cl)cc2)=C[C@@H]1c1ccco1)c1ccc(CO)cc1. The molecule has 0 spiro atoms. The lowest BCUT2D eigenvalue weighted by molar-refractivity contribution is -0.138. The highest BCUT2D eigenvalue weighted by Gasteiger charge is 2.33. The van der Waals surface area contributed by atoms with Gasteiger partial charge in [-0.15, -0.1) is 0 Å². The number of amides is 1. The quantitative estimate of drug-likeness (QED) is 0.570. The number of rotatable bonds is 6. The first-order chi connectivity index (χ1) is 15.0. The van der Waals surface area contributed by atoms with Gasteiger partial charge < -0.3 is 14.3 Å². The lowest BCUT2D eigenvalue weighted by Gasteiger charge is -2.23. The summed E-state index contributed by atoms with van der Waals surface area (Å²) in [6.07, 6.45) is 3.39. The molecule has 1 aliphatic heterocycles. The molecule has 0 aliphatic carbocycles. The van der Waals surface area contributed by atoms with Gasteiger partial charge in [0, 0.05) is 5.02 Å². The van der Waals surface area contributed by atoms with Crippen LogP contribution in [-0.4, -0.2) is 28.6 Å². The van der Waals surface area contributed by atoms with Crippen LogP contribution in [0.3, 0.4) is 0 Å². The Morgan fingerprint density at radius 1 is 1.10 bits per heavy atom. The fourth-order valence-corrected chi connectivity index (χ4v) is 3.30. The van der Waals surface area contributed by atoms with Gasteiger partial charge in [-0.1, -0.05) is 35.9 Å². The van der Waals surface area contributed by atoms with Crippen molar-refractivity contribution < 1.29 is 23.8 Å². The van der Waals surface area contributed by atoms with Gasteiger partial charge in [0.25, 0.3) is 5.91 Å². The van der Waals surface area contributed by atoms with Gasteiger partial charge >= 0.3 is 5.97 Å². The Balaban J connectivity index is 1.47. The molecule has 1 amide bonds. The van der Waals surface area contributed by atoms with E-state index in [1.54, 1.807) is 36.4 Å². The molecule has 0 saturated heterocycles. The highest BCUT2D eigenvalue weighted by molar-refractivity contribution is 6.30. The van der Waals surface area contributed by atoms with Crippen molar-refractivity contribution >= 4 is 29.2 Å². The van der Waals surface area contributed by atoms with E-state index < -0.39 is 24.5 Å². The van der Waals surface area contributed by atoms with Crippen LogP contribution in [0.2, 0.25) is 5.02 Å². The van der Waals surface area contributed by atoms with Crippen LogP contribution in [0.4, 0.5) is 0 Å². The zero-order valence-corrected chi connectivity index (χ0v) is 17.1. The Kier molecular flexibility index (Phi) is 6.06. The first-order valence-corrected chi connectivity index (χ1v) is 9.90. The molecule has 31 heavy (non-hydrogen) atoms. The molecule has 0 unspecified atom stereocenters. The van der Waals surface area contributed by atoms with Gasteiger partial charge in [0.1, 0.15) is 11.8 Å². The molecular formula is C23H19ClN2O5. The van der Waals surface area contributed by atoms with Crippen molar-refractivity contribution in [3.63, 3.8) is 0 Å². The highest BCUT2D eigenvalue weighted by Crippen LogP contribution is 2.32. The molecule has 0 bridgehead atoms. The van der Waals surface area contributed by atoms with Gasteiger partial charge in [0.15, 0.2) is 6.61 Å². The summed E-state index contributed by atoms with van der Waals surface area (Å²) in [5.41, 5.74) is 5.59. The van der Waals surface area contributed by atoms with Crippen molar-refractivity contribution in [3.05, 3.63) is 100 Å². The number of halogens is 1.